The molecule has 0 radical (unpaired) electrons. The normalized spacial score (nSPS) is 20.6. The van der Waals surface area contributed by atoms with Crippen molar-refractivity contribution in [2.24, 2.45) is 0 Å². The zero-order valence-electron chi connectivity index (χ0n) is 13.7. The molecular formula is C17H28N4. The lowest BCUT2D eigenvalue weighted by atomic mass is 10.1. The molecule has 0 aromatic carbocycles. The van der Waals surface area contributed by atoms with E-state index >= 15 is 0 Å². The molecule has 0 amide bonds. The highest BCUT2D eigenvalue weighted by molar-refractivity contribution is 5.52. The lowest BCUT2D eigenvalue weighted by Crippen LogP contribution is -2.31. The van der Waals surface area contributed by atoms with Crippen LogP contribution in [0.1, 0.15) is 36.1 Å². The van der Waals surface area contributed by atoms with Gasteiger partial charge in [0.1, 0.15) is 5.82 Å². The number of rotatable bonds is 4. The van der Waals surface area contributed by atoms with E-state index in [4.69, 9.17) is 4.98 Å². The topological polar surface area (TPSA) is 31.4 Å². The van der Waals surface area contributed by atoms with Crippen molar-refractivity contribution < 1.29 is 0 Å². The minimum atomic E-state index is 0.744. The van der Waals surface area contributed by atoms with Crippen molar-refractivity contribution in [1.82, 2.24) is 15.2 Å². The van der Waals surface area contributed by atoms with Gasteiger partial charge in [0.25, 0.3) is 0 Å². The second kappa shape index (κ2) is 6.32. The average molecular weight is 288 g/mol. The molecule has 4 heteroatoms. The van der Waals surface area contributed by atoms with Gasteiger partial charge in [-0.1, -0.05) is 0 Å². The van der Waals surface area contributed by atoms with Crippen LogP contribution in [0.4, 0.5) is 5.82 Å². The summed E-state index contributed by atoms with van der Waals surface area (Å²) in [5, 5.41) is 3.66. The molecule has 1 aromatic rings. The van der Waals surface area contributed by atoms with Gasteiger partial charge in [0.15, 0.2) is 0 Å². The highest BCUT2D eigenvalue weighted by atomic mass is 15.2. The molecule has 1 N–H and O–H groups in total. The van der Waals surface area contributed by atoms with Gasteiger partial charge in [0.2, 0.25) is 0 Å². The SMILES string of the molecule is Cc1cc(C)c(CNC2CC2)c(N2CCCN(C)CC2)n1. The van der Waals surface area contributed by atoms with E-state index in [0.717, 1.165) is 37.9 Å². The van der Waals surface area contributed by atoms with Crippen LogP contribution >= 0.6 is 0 Å². The van der Waals surface area contributed by atoms with E-state index < -0.39 is 0 Å². The predicted molar refractivity (Wildman–Crippen MR) is 87.9 cm³/mol. The summed E-state index contributed by atoms with van der Waals surface area (Å²) in [6, 6.07) is 2.96. The Morgan fingerprint density at radius 1 is 1.19 bits per heavy atom. The summed E-state index contributed by atoms with van der Waals surface area (Å²) in [4.78, 5) is 9.80. The summed E-state index contributed by atoms with van der Waals surface area (Å²) in [5.74, 6) is 1.22. The fraction of sp³-hybridized carbons (Fsp3) is 0.706. The first kappa shape index (κ1) is 14.8. The number of hydrogen-bond acceptors (Lipinski definition) is 4. The third-order valence-electron chi connectivity index (χ3n) is 4.62. The minimum Gasteiger partial charge on any atom is -0.355 e. The van der Waals surface area contributed by atoms with Gasteiger partial charge in [-0.3, -0.25) is 0 Å². The third-order valence-corrected chi connectivity index (χ3v) is 4.62. The molecule has 1 saturated heterocycles. The number of anilines is 1. The molecule has 2 heterocycles. The molecule has 1 saturated carbocycles. The van der Waals surface area contributed by atoms with Gasteiger partial charge in [-0.05, 0) is 58.3 Å². The third kappa shape index (κ3) is 3.74. The van der Waals surface area contributed by atoms with Crippen LogP contribution in [0.3, 0.4) is 0 Å². The molecule has 4 nitrogen and oxygen atoms in total. The van der Waals surface area contributed by atoms with Gasteiger partial charge in [-0.15, -0.1) is 0 Å². The molecule has 1 aliphatic heterocycles. The molecule has 3 rings (SSSR count). The molecule has 1 aliphatic carbocycles. The van der Waals surface area contributed by atoms with Crippen LogP contribution < -0.4 is 10.2 Å². The maximum atomic E-state index is 4.89. The van der Waals surface area contributed by atoms with Crippen molar-refractivity contribution in [2.75, 3.05) is 38.1 Å². The van der Waals surface area contributed by atoms with E-state index in [1.54, 1.807) is 0 Å². The molecule has 2 aliphatic rings. The maximum absolute atomic E-state index is 4.89. The molecule has 21 heavy (non-hydrogen) atoms. The molecule has 2 fully saturated rings. The maximum Gasteiger partial charge on any atom is 0.133 e. The lowest BCUT2D eigenvalue weighted by molar-refractivity contribution is 0.360. The lowest BCUT2D eigenvalue weighted by Gasteiger charge is -2.26. The Kier molecular flexibility index (Phi) is 4.45. The fourth-order valence-electron chi connectivity index (χ4n) is 3.12. The second-order valence-corrected chi connectivity index (χ2v) is 6.68. The van der Waals surface area contributed by atoms with Gasteiger partial charge in [0.05, 0.1) is 0 Å². The summed E-state index contributed by atoms with van der Waals surface area (Å²) in [6.45, 7) is 9.83. The fourth-order valence-corrected chi connectivity index (χ4v) is 3.12. The average Bonchev–Trinajstić information content (AvgIpc) is 3.25. The van der Waals surface area contributed by atoms with Gasteiger partial charge in [-0.2, -0.15) is 0 Å². The zero-order chi connectivity index (χ0) is 14.8. The second-order valence-electron chi connectivity index (χ2n) is 6.68. The van der Waals surface area contributed by atoms with Crippen LogP contribution in [0.5, 0.6) is 0 Å². The van der Waals surface area contributed by atoms with Crippen LogP contribution in [0, 0.1) is 13.8 Å². The summed E-state index contributed by atoms with van der Waals surface area (Å²) >= 11 is 0. The van der Waals surface area contributed by atoms with Crippen molar-refractivity contribution in [2.45, 2.75) is 45.7 Å². The van der Waals surface area contributed by atoms with E-state index in [9.17, 15) is 0 Å². The van der Waals surface area contributed by atoms with Crippen LogP contribution in [-0.2, 0) is 6.54 Å². The van der Waals surface area contributed by atoms with Crippen molar-refractivity contribution in [3.63, 3.8) is 0 Å². The Morgan fingerprint density at radius 3 is 2.76 bits per heavy atom. The Morgan fingerprint density at radius 2 is 2.00 bits per heavy atom. The predicted octanol–water partition coefficient (Wildman–Crippen LogP) is 2.09. The summed E-state index contributed by atoms with van der Waals surface area (Å²) in [5.41, 5.74) is 3.91. The number of nitrogens with zero attached hydrogens (tertiary/aromatic N) is 3. The van der Waals surface area contributed by atoms with E-state index in [0.29, 0.717) is 0 Å². The number of pyridine rings is 1. The van der Waals surface area contributed by atoms with Crippen molar-refractivity contribution in [1.29, 1.82) is 0 Å². The summed E-state index contributed by atoms with van der Waals surface area (Å²) in [7, 11) is 2.22. The highest BCUT2D eigenvalue weighted by Gasteiger charge is 2.23. The van der Waals surface area contributed by atoms with Crippen LogP contribution in [0.2, 0.25) is 0 Å². The molecule has 0 unspecified atom stereocenters. The smallest absolute Gasteiger partial charge is 0.133 e. The monoisotopic (exact) mass is 288 g/mol. The van der Waals surface area contributed by atoms with Crippen LogP contribution in [0.25, 0.3) is 0 Å². The number of aryl methyl sites for hydroxylation is 2. The quantitative estimate of drug-likeness (QED) is 0.919. The van der Waals surface area contributed by atoms with Gasteiger partial charge in [0, 0.05) is 43.5 Å². The Balaban J connectivity index is 1.83. The van der Waals surface area contributed by atoms with E-state index in [-0.39, 0.29) is 0 Å². The molecular weight excluding hydrogens is 260 g/mol. The number of nitrogens with one attached hydrogen (secondary N) is 1. The molecule has 0 atom stereocenters. The zero-order valence-corrected chi connectivity index (χ0v) is 13.7. The van der Waals surface area contributed by atoms with Crippen LogP contribution in [-0.4, -0.2) is 49.2 Å². The van der Waals surface area contributed by atoms with E-state index in [2.05, 4.69) is 42.1 Å². The molecule has 0 bridgehead atoms. The molecule has 1 aromatic heterocycles. The summed E-state index contributed by atoms with van der Waals surface area (Å²) in [6.07, 6.45) is 3.89. The van der Waals surface area contributed by atoms with Crippen LogP contribution in [0.15, 0.2) is 6.07 Å². The highest BCUT2D eigenvalue weighted by Crippen LogP contribution is 2.26. The Bertz CT molecular complexity index is 496. The van der Waals surface area contributed by atoms with E-state index in [1.165, 1.54) is 42.8 Å². The van der Waals surface area contributed by atoms with Crippen molar-refractivity contribution >= 4 is 5.82 Å². The molecule has 0 spiro atoms. The Labute approximate surface area is 128 Å². The van der Waals surface area contributed by atoms with Gasteiger partial charge >= 0.3 is 0 Å². The van der Waals surface area contributed by atoms with Gasteiger partial charge in [-0.25, -0.2) is 4.98 Å². The molecule has 116 valence electrons. The first-order chi connectivity index (χ1) is 10.1. The standard InChI is InChI=1S/C17H28N4/c1-13-11-14(2)19-17(16(13)12-18-15-5-6-15)21-8-4-7-20(3)9-10-21/h11,15,18H,4-10,12H2,1-3H3. The number of likely N-dealkylation sites (N-methyl/N-ethyl adjacent to an activating group) is 1. The minimum absolute atomic E-state index is 0.744. The first-order valence-corrected chi connectivity index (χ1v) is 8.27. The Hall–Kier alpha value is -1.13. The largest absolute Gasteiger partial charge is 0.355 e. The van der Waals surface area contributed by atoms with Crippen molar-refractivity contribution in [3.8, 4) is 0 Å². The van der Waals surface area contributed by atoms with Gasteiger partial charge < -0.3 is 15.1 Å². The number of aromatic nitrogens is 1. The summed E-state index contributed by atoms with van der Waals surface area (Å²) < 4.78 is 0. The number of hydrogen-bond donors (Lipinski definition) is 1. The van der Waals surface area contributed by atoms with Crippen molar-refractivity contribution in [3.05, 3.63) is 22.9 Å². The van der Waals surface area contributed by atoms with E-state index in [1.807, 2.05) is 0 Å². The first-order valence-electron chi connectivity index (χ1n) is 8.27.